The average molecular weight is 210 g/mol. The number of hydrogen-bond acceptors (Lipinski definition) is 3. The molecule has 0 fully saturated rings. The van der Waals surface area contributed by atoms with Crippen molar-refractivity contribution in [3.05, 3.63) is 18.2 Å². The van der Waals surface area contributed by atoms with Gasteiger partial charge in [-0.1, -0.05) is 0 Å². The summed E-state index contributed by atoms with van der Waals surface area (Å²) in [5.74, 6) is 1.14. The Balaban J connectivity index is 2.65. The number of imidazole rings is 1. The molecule has 1 aromatic rings. The molecule has 0 aliphatic heterocycles. The van der Waals surface area contributed by atoms with Crippen molar-refractivity contribution in [3.63, 3.8) is 0 Å². The van der Waals surface area contributed by atoms with E-state index in [1.807, 2.05) is 19.4 Å². The number of nitrogens with one attached hydrogen (secondary N) is 1. The molecule has 0 radical (unpaired) electrons. The Kier molecular flexibility index (Phi) is 4.78. The lowest BCUT2D eigenvalue weighted by Gasteiger charge is -2.19. The van der Waals surface area contributed by atoms with Crippen molar-refractivity contribution in [2.24, 2.45) is 0 Å². The lowest BCUT2D eigenvalue weighted by atomic mass is 10.2. The Bertz CT molecular complexity index is 280. The summed E-state index contributed by atoms with van der Waals surface area (Å²) in [4.78, 5) is 6.62. The maximum atomic E-state index is 4.42. The van der Waals surface area contributed by atoms with Gasteiger partial charge in [0.05, 0.1) is 6.04 Å². The number of aryl methyl sites for hydroxylation is 1. The van der Waals surface area contributed by atoms with Crippen LogP contribution in [0.2, 0.25) is 0 Å². The van der Waals surface area contributed by atoms with Gasteiger partial charge in [0, 0.05) is 18.9 Å². The Morgan fingerprint density at radius 2 is 2.27 bits per heavy atom. The van der Waals surface area contributed by atoms with Gasteiger partial charge in [0.2, 0.25) is 0 Å². The SMILES string of the molecule is CCn1ccnc1C(CCN(C)C)NC. The Morgan fingerprint density at radius 1 is 1.53 bits per heavy atom. The Morgan fingerprint density at radius 3 is 2.80 bits per heavy atom. The van der Waals surface area contributed by atoms with E-state index in [1.165, 1.54) is 0 Å². The second kappa shape index (κ2) is 5.88. The molecule has 0 amide bonds. The van der Waals surface area contributed by atoms with E-state index in [0.717, 1.165) is 25.3 Å². The molecule has 0 saturated carbocycles. The lowest BCUT2D eigenvalue weighted by molar-refractivity contribution is 0.359. The molecule has 86 valence electrons. The van der Waals surface area contributed by atoms with Gasteiger partial charge in [0.1, 0.15) is 5.82 Å². The number of hydrogen-bond donors (Lipinski definition) is 1. The molecule has 1 unspecified atom stereocenters. The molecular weight excluding hydrogens is 188 g/mol. The molecule has 1 heterocycles. The fraction of sp³-hybridized carbons (Fsp3) is 0.727. The van der Waals surface area contributed by atoms with Crippen LogP contribution in [0, 0.1) is 0 Å². The highest BCUT2D eigenvalue weighted by Crippen LogP contribution is 2.14. The van der Waals surface area contributed by atoms with Gasteiger partial charge in [-0.2, -0.15) is 0 Å². The van der Waals surface area contributed by atoms with Crippen LogP contribution in [0.4, 0.5) is 0 Å². The highest BCUT2D eigenvalue weighted by Gasteiger charge is 2.14. The predicted octanol–water partition coefficient (Wildman–Crippen LogP) is 1.12. The molecule has 15 heavy (non-hydrogen) atoms. The number of aromatic nitrogens is 2. The normalized spacial score (nSPS) is 13.4. The molecule has 0 saturated heterocycles. The lowest BCUT2D eigenvalue weighted by Crippen LogP contribution is -2.25. The van der Waals surface area contributed by atoms with Gasteiger partial charge in [0.25, 0.3) is 0 Å². The maximum absolute atomic E-state index is 4.42. The first-order chi connectivity index (χ1) is 7.19. The van der Waals surface area contributed by atoms with E-state index in [-0.39, 0.29) is 0 Å². The van der Waals surface area contributed by atoms with Gasteiger partial charge in [-0.05, 0) is 41.0 Å². The molecule has 0 spiro atoms. The molecule has 0 aromatic carbocycles. The summed E-state index contributed by atoms with van der Waals surface area (Å²) in [5, 5.41) is 3.32. The second-order valence-electron chi connectivity index (χ2n) is 4.00. The minimum atomic E-state index is 0.349. The monoisotopic (exact) mass is 210 g/mol. The van der Waals surface area contributed by atoms with Gasteiger partial charge >= 0.3 is 0 Å². The maximum Gasteiger partial charge on any atom is 0.125 e. The molecule has 1 aromatic heterocycles. The first-order valence-corrected chi connectivity index (χ1v) is 5.52. The molecule has 4 nitrogen and oxygen atoms in total. The highest BCUT2D eigenvalue weighted by molar-refractivity contribution is 4.99. The molecular formula is C11H22N4. The largest absolute Gasteiger partial charge is 0.334 e. The Labute approximate surface area is 92.3 Å². The van der Waals surface area contributed by atoms with Crippen LogP contribution in [0.5, 0.6) is 0 Å². The van der Waals surface area contributed by atoms with Gasteiger partial charge in [-0.25, -0.2) is 4.98 Å². The molecule has 4 heteroatoms. The van der Waals surface area contributed by atoms with Crippen LogP contribution >= 0.6 is 0 Å². The molecule has 0 aliphatic carbocycles. The van der Waals surface area contributed by atoms with Crippen LogP contribution in [-0.4, -0.2) is 42.1 Å². The quantitative estimate of drug-likeness (QED) is 0.763. The zero-order chi connectivity index (χ0) is 11.3. The minimum absolute atomic E-state index is 0.349. The van der Waals surface area contributed by atoms with Gasteiger partial charge in [-0.15, -0.1) is 0 Å². The van der Waals surface area contributed by atoms with Crippen LogP contribution in [0.1, 0.15) is 25.2 Å². The average Bonchev–Trinajstić information content (AvgIpc) is 2.66. The van der Waals surface area contributed by atoms with Crippen molar-refractivity contribution < 1.29 is 0 Å². The van der Waals surface area contributed by atoms with Crippen LogP contribution in [0.25, 0.3) is 0 Å². The topological polar surface area (TPSA) is 33.1 Å². The van der Waals surface area contributed by atoms with Crippen molar-refractivity contribution >= 4 is 0 Å². The summed E-state index contributed by atoms with van der Waals surface area (Å²) >= 11 is 0. The van der Waals surface area contributed by atoms with E-state index >= 15 is 0 Å². The van der Waals surface area contributed by atoms with Gasteiger partial charge in [0.15, 0.2) is 0 Å². The van der Waals surface area contributed by atoms with E-state index in [2.05, 4.69) is 40.8 Å². The van der Waals surface area contributed by atoms with Crippen molar-refractivity contribution in [1.29, 1.82) is 0 Å². The van der Waals surface area contributed by atoms with E-state index in [9.17, 15) is 0 Å². The second-order valence-corrected chi connectivity index (χ2v) is 4.00. The summed E-state index contributed by atoms with van der Waals surface area (Å²) in [6.07, 6.45) is 4.99. The molecule has 1 atom stereocenters. The smallest absolute Gasteiger partial charge is 0.125 e. The van der Waals surface area contributed by atoms with Gasteiger partial charge in [-0.3, -0.25) is 0 Å². The van der Waals surface area contributed by atoms with Gasteiger partial charge < -0.3 is 14.8 Å². The van der Waals surface area contributed by atoms with Crippen molar-refractivity contribution in [1.82, 2.24) is 19.8 Å². The zero-order valence-corrected chi connectivity index (χ0v) is 10.2. The van der Waals surface area contributed by atoms with Crippen LogP contribution in [0.15, 0.2) is 12.4 Å². The highest BCUT2D eigenvalue weighted by atomic mass is 15.1. The third-order valence-corrected chi connectivity index (χ3v) is 2.61. The van der Waals surface area contributed by atoms with Crippen LogP contribution in [0.3, 0.4) is 0 Å². The summed E-state index contributed by atoms with van der Waals surface area (Å²) in [6, 6.07) is 0.349. The fourth-order valence-corrected chi connectivity index (χ4v) is 1.69. The minimum Gasteiger partial charge on any atom is -0.334 e. The Hall–Kier alpha value is -0.870. The summed E-state index contributed by atoms with van der Waals surface area (Å²) < 4.78 is 2.19. The standard InChI is InChI=1S/C11H22N4/c1-5-15-9-7-13-11(15)10(12-2)6-8-14(3)4/h7,9-10,12H,5-6,8H2,1-4H3. The number of nitrogens with zero attached hydrogens (tertiary/aromatic N) is 3. The third-order valence-electron chi connectivity index (χ3n) is 2.61. The summed E-state index contributed by atoms with van der Waals surface area (Å²) in [7, 11) is 6.19. The molecule has 1 N–H and O–H groups in total. The van der Waals surface area contributed by atoms with Crippen LogP contribution in [-0.2, 0) is 6.54 Å². The predicted molar refractivity (Wildman–Crippen MR) is 62.9 cm³/mol. The molecule has 0 bridgehead atoms. The molecule has 0 aliphatic rings. The third kappa shape index (κ3) is 3.32. The summed E-state index contributed by atoms with van der Waals surface area (Å²) in [6.45, 7) is 4.20. The summed E-state index contributed by atoms with van der Waals surface area (Å²) in [5.41, 5.74) is 0. The molecule has 1 rings (SSSR count). The fourth-order valence-electron chi connectivity index (χ4n) is 1.69. The number of rotatable bonds is 6. The van der Waals surface area contributed by atoms with E-state index in [4.69, 9.17) is 0 Å². The van der Waals surface area contributed by atoms with E-state index < -0.39 is 0 Å². The van der Waals surface area contributed by atoms with Crippen molar-refractivity contribution in [2.75, 3.05) is 27.7 Å². The zero-order valence-electron chi connectivity index (χ0n) is 10.2. The van der Waals surface area contributed by atoms with Crippen LogP contribution < -0.4 is 5.32 Å². The van der Waals surface area contributed by atoms with Crippen molar-refractivity contribution in [2.45, 2.75) is 25.9 Å². The first kappa shape index (κ1) is 12.2. The van der Waals surface area contributed by atoms with Crippen molar-refractivity contribution in [3.8, 4) is 0 Å². The van der Waals surface area contributed by atoms with E-state index in [0.29, 0.717) is 6.04 Å². The van der Waals surface area contributed by atoms with E-state index in [1.54, 1.807) is 0 Å². The first-order valence-electron chi connectivity index (χ1n) is 5.52.